The Hall–Kier alpha value is -0.0400. The molecule has 1 heterocycles. The molecule has 0 aromatic rings. The van der Waals surface area contributed by atoms with Crippen molar-refractivity contribution in [2.24, 2.45) is 5.41 Å². The van der Waals surface area contributed by atoms with Gasteiger partial charge in [0.1, 0.15) is 0 Å². The number of piperidine rings is 1. The average molecular weight is 223 g/mol. The first-order valence-corrected chi connectivity index (χ1v) is 7.39. The molecule has 0 bridgehead atoms. The quantitative estimate of drug-likeness (QED) is 0.689. The highest BCUT2D eigenvalue weighted by molar-refractivity contribution is 4.96. The second-order valence-electron chi connectivity index (χ2n) is 6.44. The lowest BCUT2D eigenvalue weighted by atomic mass is 9.63. The maximum absolute atomic E-state index is 2.79. The van der Waals surface area contributed by atoms with Crippen LogP contribution in [0.5, 0.6) is 0 Å². The molecule has 1 atom stereocenters. The SMILES string of the molecule is CCCC(C)(CC)N1CCC2(CCC2)CC1. The normalized spacial score (nSPS) is 28.7. The van der Waals surface area contributed by atoms with Crippen LogP contribution in [0.1, 0.15) is 72.1 Å². The molecule has 0 N–H and O–H groups in total. The van der Waals surface area contributed by atoms with E-state index in [0.717, 1.165) is 5.41 Å². The summed E-state index contributed by atoms with van der Waals surface area (Å²) in [6.45, 7) is 9.90. The zero-order valence-electron chi connectivity index (χ0n) is 11.5. The van der Waals surface area contributed by atoms with Crippen LogP contribution in [0, 0.1) is 5.41 Å². The van der Waals surface area contributed by atoms with Crippen LogP contribution in [-0.2, 0) is 0 Å². The highest BCUT2D eigenvalue weighted by Crippen LogP contribution is 2.49. The summed E-state index contributed by atoms with van der Waals surface area (Å²) in [7, 11) is 0. The standard InChI is InChI=1S/C15H29N/c1-4-7-14(3,5-2)16-12-10-15(11-13-16)8-6-9-15/h4-13H2,1-3H3. The second kappa shape index (κ2) is 4.68. The van der Waals surface area contributed by atoms with Gasteiger partial charge in [-0.15, -0.1) is 0 Å². The third-order valence-electron chi connectivity index (χ3n) is 5.55. The van der Waals surface area contributed by atoms with Crippen molar-refractivity contribution in [2.45, 2.75) is 77.7 Å². The van der Waals surface area contributed by atoms with Gasteiger partial charge in [0.25, 0.3) is 0 Å². The molecule has 1 saturated carbocycles. The predicted octanol–water partition coefficient (Wildman–Crippen LogP) is 4.22. The molecule has 16 heavy (non-hydrogen) atoms. The van der Waals surface area contributed by atoms with Crippen LogP contribution in [0.3, 0.4) is 0 Å². The summed E-state index contributed by atoms with van der Waals surface area (Å²) in [5, 5.41) is 0. The van der Waals surface area contributed by atoms with Gasteiger partial charge < -0.3 is 0 Å². The summed E-state index contributed by atoms with van der Waals surface area (Å²) < 4.78 is 0. The number of hydrogen-bond acceptors (Lipinski definition) is 1. The molecule has 0 aromatic heterocycles. The van der Waals surface area contributed by atoms with Gasteiger partial charge in [-0.2, -0.15) is 0 Å². The topological polar surface area (TPSA) is 3.24 Å². The fourth-order valence-corrected chi connectivity index (χ4v) is 3.79. The molecule has 1 spiro atoms. The Morgan fingerprint density at radius 3 is 2.06 bits per heavy atom. The Morgan fingerprint density at radius 2 is 1.69 bits per heavy atom. The van der Waals surface area contributed by atoms with Crippen LogP contribution in [0.25, 0.3) is 0 Å². The summed E-state index contributed by atoms with van der Waals surface area (Å²) in [5.74, 6) is 0. The van der Waals surface area contributed by atoms with Crippen LogP contribution in [0.2, 0.25) is 0 Å². The molecule has 1 aliphatic carbocycles. The largest absolute Gasteiger partial charge is 0.298 e. The molecule has 0 amide bonds. The highest BCUT2D eigenvalue weighted by atomic mass is 15.2. The summed E-state index contributed by atoms with van der Waals surface area (Å²) in [6, 6.07) is 0. The number of rotatable bonds is 4. The summed E-state index contributed by atoms with van der Waals surface area (Å²) in [6.07, 6.45) is 11.5. The fourth-order valence-electron chi connectivity index (χ4n) is 3.79. The smallest absolute Gasteiger partial charge is 0.0178 e. The van der Waals surface area contributed by atoms with E-state index in [2.05, 4.69) is 25.7 Å². The molecule has 2 rings (SSSR count). The average Bonchev–Trinajstić information content (AvgIpc) is 2.27. The van der Waals surface area contributed by atoms with E-state index >= 15 is 0 Å². The van der Waals surface area contributed by atoms with Crippen molar-refractivity contribution < 1.29 is 0 Å². The van der Waals surface area contributed by atoms with Crippen LogP contribution >= 0.6 is 0 Å². The van der Waals surface area contributed by atoms with Gasteiger partial charge in [0.2, 0.25) is 0 Å². The Bertz CT molecular complexity index is 222. The van der Waals surface area contributed by atoms with E-state index in [-0.39, 0.29) is 0 Å². The van der Waals surface area contributed by atoms with Crippen molar-refractivity contribution >= 4 is 0 Å². The van der Waals surface area contributed by atoms with Crippen LogP contribution in [0.4, 0.5) is 0 Å². The van der Waals surface area contributed by atoms with Crippen LogP contribution in [0.15, 0.2) is 0 Å². The lowest BCUT2D eigenvalue weighted by molar-refractivity contribution is -0.0178. The van der Waals surface area contributed by atoms with Crippen LogP contribution in [-0.4, -0.2) is 23.5 Å². The molecule has 94 valence electrons. The maximum atomic E-state index is 2.79. The van der Waals surface area contributed by atoms with Gasteiger partial charge in [-0.25, -0.2) is 0 Å². The van der Waals surface area contributed by atoms with Crippen molar-refractivity contribution in [1.29, 1.82) is 0 Å². The molecule has 1 aliphatic heterocycles. The van der Waals surface area contributed by atoms with Gasteiger partial charge in [-0.1, -0.05) is 26.7 Å². The third kappa shape index (κ3) is 2.16. The first-order chi connectivity index (χ1) is 7.64. The van der Waals surface area contributed by atoms with Gasteiger partial charge in [-0.3, -0.25) is 4.90 Å². The van der Waals surface area contributed by atoms with E-state index in [0.29, 0.717) is 5.54 Å². The van der Waals surface area contributed by atoms with Crippen molar-refractivity contribution in [3.8, 4) is 0 Å². The van der Waals surface area contributed by atoms with Gasteiger partial charge >= 0.3 is 0 Å². The van der Waals surface area contributed by atoms with Crippen molar-refractivity contribution in [3.05, 3.63) is 0 Å². The minimum absolute atomic E-state index is 0.486. The third-order valence-corrected chi connectivity index (χ3v) is 5.55. The molecular weight excluding hydrogens is 194 g/mol. The molecule has 1 nitrogen and oxygen atoms in total. The fraction of sp³-hybridized carbons (Fsp3) is 1.00. The molecule has 2 fully saturated rings. The molecule has 0 aromatic carbocycles. The number of nitrogens with zero attached hydrogens (tertiary/aromatic N) is 1. The maximum Gasteiger partial charge on any atom is 0.0178 e. The lowest BCUT2D eigenvalue weighted by Gasteiger charge is -2.52. The Kier molecular flexibility index (Phi) is 3.63. The lowest BCUT2D eigenvalue weighted by Crippen LogP contribution is -2.53. The molecule has 1 unspecified atom stereocenters. The number of likely N-dealkylation sites (tertiary alicyclic amines) is 1. The molecule has 1 saturated heterocycles. The zero-order valence-corrected chi connectivity index (χ0v) is 11.5. The molecular formula is C15H29N. The molecule has 1 heteroatoms. The Morgan fingerprint density at radius 1 is 1.06 bits per heavy atom. The molecule has 0 radical (unpaired) electrons. The van der Waals surface area contributed by atoms with E-state index in [1.165, 1.54) is 64.5 Å². The minimum Gasteiger partial charge on any atom is -0.298 e. The number of hydrogen-bond donors (Lipinski definition) is 0. The van der Waals surface area contributed by atoms with E-state index in [1.807, 2.05) is 0 Å². The summed E-state index contributed by atoms with van der Waals surface area (Å²) >= 11 is 0. The van der Waals surface area contributed by atoms with Crippen molar-refractivity contribution in [3.63, 3.8) is 0 Å². The van der Waals surface area contributed by atoms with Gasteiger partial charge in [-0.05, 0) is 64.0 Å². The van der Waals surface area contributed by atoms with Gasteiger partial charge in [0, 0.05) is 5.54 Å². The predicted molar refractivity (Wildman–Crippen MR) is 70.7 cm³/mol. The van der Waals surface area contributed by atoms with Crippen molar-refractivity contribution in [2.75, 3.05) is 13.1 Å². The Labute approximate surface area is 102 Å². The van der Waals surface area contributed by atoms with Crippen LogP contribution < -0.4 is 0 Å². The van der Waals surface area contributed by atoms with Crippen molar-refractivity contribution in [1.82, 2.24) is 4.90 Å². The van der Waals surface area contributed by atoms with E-state index in [4.69, 9.17) is 0 Å². The first kappa shape index (κ1) is 12.4. The highest BCUT2D eigenvalue weighted by Gasteiger charge is 2.42. The minimum atomic E-state index is 0.486. The van der Waals surface area contributed by atoms with E-state index < -0.39 is 0 Å². The Balaban J connectivity index is 1.91. The zero-order chi connectivity index (χ0) is 11.6. The van der Waals surface area contributed by atoms with E-state index in [1.54, 1.807) is 0 Å². The second-order valence-corrected chi connectivity index (χ2v) is 6.44. The summed E-state index contributed by atoms with van der Waals surface area (Å²) in [4.78, 5) is 2.79. The van der Waals surface area contributed by atoms with Gasteiger partial charge in [0.15, 0.2) is 0 Å². The monoisotopic (exact) mass is 223 g/mol. The molecule has 2 aliphatic rings. The van der Waals surface area contributed by atoms with E-state index in [9.17, 15) is 0 Å². The first-order valence-electron chi connectivity index (χ1n) is 7.39. The summed E-state index contributed by atoms with van der Waals surface area (Å²) in [5.41, 5.74) is 1.29. The van der Waals surface area contributed by atoms with Gasteiger partial charge in [0.05, 0.1) is 0 Å².